The first-order valence-corrected chi connectivity index (χ1v) is 6.03. The van der Waals surface area contributed by atoms with Crippen LogP contribution in [0, 0.1) is 0 Å². The van der Waals surface area contributed by atoms with E-state index in [-0.39, 0.29) is 0 Å². The highest BCUT2D eigenvalue weighted by Gasteiger charge is 2.43. The number of amides is 1. The first kappa shape index (κ1) is 15.9. The van der Waals surface area contributed by atoms with Crippen LogP contribution in [0.4, 0.5) is 0 Å². The molecule has 8 nitrogen and oxygen atoms in total. The van der Waals surface area contributed by atoms with Crippen LogP contribution >= 0.6 is 0 Å². The summed E-state index contributed by atoms with van der Waals surface area (Å²) in [4.78, 5) is 47.0. The summed E-state index contributed by atoms with van der Waals surface area (Å²) in [6.07, 6.45) is -0.778. The molecule has 0 bridgehead atoms. The standard InChI is InChI=1S/C12H17NO7/c1-7(14)20-10-5-4-8(12(17)19-3)13(10)9(15)6-11(16)18-2/h8,10H,4-6H2,1-3H3/t8-,10+/m0/s1. The molecular formula is C12H17NO7. The van der Waals surface area contributed by atoms with Crippen LogP contribution in [-0.4, -0.2) is 55.2 Å². The lowest BCUT2D eigenvalue weighted by atomic mass is 10.2. The number of carbonyl (C=O) groups excluding carboxylic acids is 4. The summed E-state index contributed by atoms with van der Waals surface area (Å²) in [5.41, 5.74) is 0. The molecule has 20 heavy (non-hydrogen) atoms. The Kier molecular flexibility index (Phi) is 5.48. The number of esters is 3. The Morgan fingerprint density at radius 2 is 1.75 bits per heavy atom. The molecule has 1 saturated heterocycles. The van der Waals surface area contributed by atoms with E-state index in [9.17, 15) is 19.2 Å². The van der Waals surface area contributed by atoms with Gasteiger partial charge < -0.3 is 14.2 Å². The summed E-state index contributed by atoms with van der Waals surface area (Å²) in [5.74, 6) is -2.56. The van der Waals surface area contributed by atoms with Crippen LogP contribution in [0.15, 0.2) is 0 Å². The van der Waals surface area contributed by atoms with Crippen molar-refractivity contribution in [2.24, 2.45) is 0 Å². The average Bonchev–Trinajstić information content (AvgIpc) is 2.80. The molecule has 1 heterocycles. The van der Waals surface area contributed by atoms with E-state index in [0.717, 1.165) is 12.0 Å². The maximum Gasteiger partial charge on any atom is 0.328 e. The highest BCUT2D eigenvalue weighted by atomic mass is 16.6. The smallest absolute Gasteiger partial charge is 0.328 e. The zero-order valence-electron chi connectivity index (χ0n) is 11.6. The molecule has 1 amide bonds. The van der Waals surface area contributed by atoms with E-state index < -0.39 is 42.5 Å². The van der Waals surface area contributed by atoms with Gasteiger partial charge in [0.15, 0.2) is 6.23 Å². The Morgan fingerprint density at radius 3 is 2.25 bits per heavy atom. The van der Waals surface area contributed by atoms with Gasteiger partial charge in [-0.1, -0.05) is 0 Å². The maximum absolute atomic E-state index is 12.1. The minimum atomic E-state index is -0.867. The fraction of sp³-hybridized carbons (Fsp3) is 0.667. The Balaban J connectivity index is 2.89. The largest absolute Gasteiger partial charge is 0.469 e. The van der Waals surface area contributed by atoms with Gasteiger partial charge in [-0.15, -0.1) is 0 Å². The molecule has 0 unspecified atom stereocenters. The van der Waals surface area contributed by atoms with Crippen molar-refractivity contribution >= 4 is 23.8 Å². The molecule has 0 spiro atoms. The van der Waals surface area contributed by atoms with Gasteiger partial charge in [0.1, 0.15) is 12.5 Å². The van der Waals surface area contributed by atoms with Gasteiger partial charge >= 0.3 is 17.9 Å². The summed E-state index contributed by atoms with van der Waals surface area (Å²) < 4.78 is 14.0. The van der Waals surface area contributed by atoms with Crippen LogP contribution < -0.4 is 0 Å². The SMILES string of the molecule is COC(=O)CC(=O)N1[C@H](OC(C)=O)CC[C@H]1C(=O)OC. The van der Waals surface area contributed by atoms with Crippen molar-refractivity contribution in [1.82, 2.24) is 4.90 Å². The Bertz CT molecular complexity index is 420. The number of ether oxygens (including phenoxy) is 3. The van der Waals surface area contributed by atoms with E-state index in [0.29, 0.717) is 12.8 Å². The third-order valence-corrected chi connectivity index (χ3v) is 2.92. The highest BCUT2D eigenvalue weighted by Crippen LogP contribution is 2.27. The number of rotatable bonds is 4. The monoisotopic (exact) mass is 287 g/mol. The lowest BCUT2D eigenvalue weighted by Gasteiger charge is -2.27. The number of hydrogen-bond acceptors (Lipinski definition) is 7. The summed E-state index contributed by atoms with van der Waals surface area (Å²) in [5, 5.41) is 0. The van der Waals surface area contributed by atoms with Crippen LogP contribution in [0.3, 0.4) is 0 Å². The molecule has 1 fully saturated rings. The molecular weight excluding hydrogens is 270 g/mol. The van der Waals surface area contributed by atoms with Crippen molar-refractivity contribution in [3.63, 3.8) is 0 Å². The Labute approximate surface area is 115 Å². The fourth-order valence-corrected chi connectivity index (χ4v) is 2.08. The van der Waals surface area contributed by atoms with E-state index in [1.165, 1.54) is 14.0 Å². The normalized spacial score (nSPS) is 21.2. The third kappa shape index (κ3) is 3.69. The van der Waals surface area contributed by atoms with Crippen molar-refractivity contribution < 1.29 is 33.4 Å². The van der Waals surface area contributed by atoms with Crippen molar-refractivity contribution in [2.45, 2.75) is 38.5 Å². The Morgan fingerprint density at radius 1 is 1.10 bits per heavy atom. The molecule has 0 aromatic heterocycles. The lowest BCUT2D eigenvalue weighted by Crippen LogP contribution is -2.47. The fourth-order valence-electron chi connectivity index (χ4n) is 2.08. The molecule has 0 aromatic rings. The molecule has 1 rings (SSSR count). The summed E-state index contributed by atoms with van der Waals surface area (Å²) in [7, 11) is 2.35. The molecule has 0 aromatic carbocycles. The van der Waals surface area contributed by atoms with E-state index in [2.05, 4.69) is 9.47 Å². The molecule has 0 saturated carbocycles. The first-order chi connectivity index (χ1) is 9.40. The van der Waals surface area contributed by atoms with Crippen molar-refractivity contribution in [1.29, 1.82) is 0 Å². The molecule has 1 aliphatic rings. The third-order valence-electron chi connectivity index (χ3n) is 2.92. The second-order valence-corrected chi connectivity index (χ2v) is 4.23. The van der Waals surface area contributed by atoms with Gasteiger partial charge in [0.25, 0.3) is 0 Å². The predicted molar refractivity (Wildman–Crippen MR) is 64.1 cm³/mol. The summed E-state index contributed by atoms with van der Waals surface area (Å²) >= 11 is 0. The average molecular weight is 287 g/mol. The van der Waals surface area contributed by atoms with Gasteiger partial charge in [0, 0.05) is 13.3 Å². The molecule has 0 radical (unpaired) electrons. The minimum Gasteiger partial charge on any atom is -0.469 e. The number of carbonyl (C=O) groups is 4. The van der Waals surface area contributed by atoms with Crippen molar-refractivity contribution in [3.8, 4) is 0 Å². The maximum atomic E-state index is 12.1. The van der Waals surface area contributed by atoms with Crippen LogP contribution in [0.2, 0.25) is 0 Å². The minimum absolute atomic E-state index is 0.303. The predicted octanol–water partition coefficient (Wildman–Crippen LogP) is -0.397. The second kappa shape index (κ2) is 6.88. The van der Waals surface area contributed by atoms with Gasteiger partial charge in [-0.2, -0.15) is 0 Å². The number of hydrogen-bond donors (Lipinski definition) is 0. The molecule has 0 aliphatic carbocycles. The van der Waals surface area contributed by atoms with Crippen molar-refractivity contribution in [3.05, 3.63) is 0 Å². The molecule has 0 N–H and O–H groups in total. The van der Waals surface area contributed by atoms with Crippen LogP contribution in [0.1, 0.15) is 26.2 Å². The van der Waals surface area contributed by atoms with Crippen LogP contribution in [-0.2, 0) is 33.4 Å². The summed E-state index contributed by atoms with van der Waals surface area (Å²) in [6.45, 7) is 1.20. The van der Waals surface area contributed by atoms with Crippen molar-refractivity contribution in [2.75, 3.05) is 14.2 Å². The summed E-state index contributed by atoms with van der Waals surface area (Å²) in [6, 6.07) is -0.860. The van der Waals surface area contributed by atoms with Crippen LogP contribution in [0.5, 0.6) is 0 Å². The zero-order valence-corrected chi connectivity index (χ0v) is 11.6. The molecule has 1 aliphatic heterocycles. The first-order valence-electron chi connectivity index (χ1n) is 6.03. The Hall–Kier alpha value is -2.12. The quantitative estimate of drug-likeness (QED) is 0.394. The van der Waals surface area contributed by atoms with E-state index in [1.54, 1.807) is 0 Å². The van der Waals surface area contributed by atoms with E-state index in [4.69, 9.17) is 4.74 Å². The van der Waals surface area contributed by atoms with Gasteiger partial charge in [0.2, 0.25) is 5.91 Å². The topological polar surface area (TPSA) is 99.2 Å². The zero-order chi connectivity index (χ0) is 15.3. The van der Waals surface area contributed by atoms with Crippen LogP contribution in [0.25, 0.3) is 0 Å². The van der Waals surface area contributed by atoms with E-state index >= 15 is 0 Å². The lowest BCUT2D eigenvalue weighted by molar-refractivity contribution is -0.168. The molecule has 2 atom stereocenters. The number of likely N-dealkylation sites (tertiary alicyclic amines) is 1. The molecule has 112 valence electrons. The second-order valence-electron chi connectivity index (χ2n) is 4.23. The molecule has 8 heteroatoms. The van der Waals surface area contributed by atoms with Gasteiger partial charge in [-0.05, 0) is 6.42 Å². The number of nitrogens with zero attached hydrogens (tertiary/aromatic N) is 1. The highest BCUT2D eigenvalue weighted by molar-refractivity contribution is 5.96. The van der Waals surface area contributed by atoms with E-state index in [1.807, 2.05) is 0 Å². The van der Waals surface area contributed by atoms with Gasteiger partial charge in [-0.25, -0.2) is 4.79 Å². The van der Waals surface area contributed by atoms with Gasteiger partial charge in [-0.3, -0.25) is 19.3 Å². The van der Waals surface area contributed by atoms with Gasteiger partial charge in [0.05, 0.1) is 14.2 Å². The number of methoxy groups -OCH3 is 2.